The van der Waals surface area contributed by atoms with Crippen LogP contribution in [-0.4, -0.2) is 67.6 Å². The van der Waals surface area contributed by atoms with Crippen molar-refractivity contribution in [1.29, 1.82) is 0 Å². The molecule has 0 aromatic heterocycles. The second-order valence-electron chi connectivity index (χ2n) is 16.4. The second-order valence-corrected chi connectivity index (χ2v) is 16.4. The van der Waals surface area contributed by atoms with Crippen molar-refractivity contribution in [3.8, 4) is 0 Å². The Labute approximate surface area is 245 Å². The first-order valence-corrected chi connectivity index (χ1v) is 16.5. The molecule has 0 bridgehead atoms. The van der Waals surface area contributed by atoms with Gasteiger partial charge in [-0.05, 0) is 123 Å². The van der Waals surface area contributed by atoms with Gasteiger partial charge in [0.1, 0.15) is 18.3 Å². The number of aliphatic hydroxyl groups excluding tert-OH is 3. The molecule has 4 saturated carbocycles. The third-order valence-corrected chi connectivity index (χ3v) is 14.3. The molecule has 41 heavy (non-hydrogen) atoms. The third kappa shape index (κ3) is 4.42. The SMILES string of the molecule is CC1CCC2(C)CCC3C(=CCC4C3(C)CCC3C4(C)CCC(CC4OC(C(=O)O)C(O)C(O)C4O)[C@@]3(C)O)C2C1. The average Bonchev–Trinajstić information content (AvgIpc) is 2.90. The van der Waals surface area contributed by atoms with Crippen LogP contribution in [0.5, 0.6) is 0 Å². The van der Waals surface area contributed by atoms with Crippen LogP contribution >= 0.6 is 0 Å². The first-order chi connectivity index (χ1) is 19.1. The van der Waals surface area contributed by atoms with E-state index in [-0.39, 0.29) is 29.1 Å². The van der Waals surface area contributed by atoms with Crippen molar-refractivity contribution in [1.82, 2.24) is 0 Å². The first-order valence-electron chi connectivity index (χ1n) is 16.5. The molecule has 15 atom stereocenters. The zero-order valence-electron chi connectivity index (χ0n) is 25.8. The summed E-state index contributed by atoms with van der Waals surface area (Å²) in [6.45, 7) is 11.9. The lowest BCUT2D eigenvalue weighted by atomic mass is 9.38. The smallest absolute Gasteiger partial charge is 0.335 e. The second kappa shape index (κ2) is 10.0. The largest absolute Gasteiger partial charge is 0.479 e. The maximum atomic E-state index is 12.2. The highest BCUT2D eigenvalue weighted by Gasteiger charge is 2.65. The molecule has 7 nitrogen and oxygen atoms in total. The summed E-state index contributed by atoms with van der Waals surface area (Å²) in [4.78, 5) is 11.7. The predicted molar refractivity (Wildman–Crippen MR) is 155 cm³/mol. The van der Waals surface area contributed by atoms with Crippen LogP contribution in [-0.2, 0) is 9.53 Å². The minimum atomic E-state index is -1.69. The van der Waals surface area contributed by atoms with E-state index in [0.29, 0.717) is 17.3 Å². The number of aliphatic carboxylic acids is 1. The Morgan fingerprint density at radius 1 is 0.878 bits per heavy atom. The van der Waals surface area contributed by atoms with Crippen molar-refractivity contribution in [2.75, 3.05) is 0 Å². The fourth-order valence-corrected chi connectivity index (χ4v) is 11.8. The maximum absolute atomic E-state index is 12.2. The summed E-state index contributed by atoms with van der Waals surface area (Å²) in [6, 6.07) is 0. The maximum Gasteiger partial charge on any atom is 0.335 e. The number of aliphatic hydroxyl groups is 4. The molecule has 0 aromatic carbocycles. The van der Waals surface area contributed by atoms with Gasteiger partial charge in [-0.2, -0.15) is 0 Å². The molecule has 6 aliphatic rings. The highest BCUT2D eigenvalue weighted by molar-refractivity contribution is 5.73. The van der Waals surface area contributed by atoms with Gasteiger partial charge in [-0.3, -0.25) is 0 Å². The summed E-state index contributed by atoms with van der Waals surface area (Å²) >= 11 is 0. The lowest BCUT2D eigenvalue weighted by molar-refractivity contribution is -0.244. The first kappa shape index (κ1) is 30.1. The number of carboxylic acids is 1. The van der Waals surface area contributed by atoms with Crippen molar-refractivity contribution >= 4 is 5.97 Å². The Morgan fingerprint density at radius 3 is 2.27 bits per heavy atom. The molecule has 232 valence electrons. The van der Waals surface area contributed by atoms with Gasteiger partial charge in [0, 0.05) is 0 Å². The van der Waals surface area contributed by atoms with E-state index in [1.807, 2.05) is 6.92 Å². The molecular formula is C34H54O7. The van der Waals surface area contributed by atoms with Crippen molar-refractivity contribution in [2.45, 2.75) is 141 Å². The van der Waals surface area contributed by atoms with Crippen LogP contribution in [0, 0.1) is 51.8 Å². The van der Waals surface area contributed by atoms with Crippen molar-refractivity contribution in [3.05, 3.63) is 11.6 Å². The van der Waals surface area contributed by atoms with Crippen LogP contribution in [0.4, 0.5) is 0 Å². The molecule has 1 aliphatic heterocycles. The molecule has 14 unspecified atom stereocenters. The van der Waals surface area contributed by atoms with Crippen LogP contribution < -0.4 is 0 Å². The Kier molecular flexibility index (Phi) is 7.34. The van der Waals surface area contributed by atoms with Gasteiger partial charge >= 0.3 is 5.97 Å². The lowest BCUT2D eigenvalue weighted by Gasteiger charge is -2.68. The number of ether oxygens (including phenoxy) is 1. The zero-order chi connectivity index (χ0) is 29.7. The molecule has 1 saturated heterocycles. The van der Waals surface area contributed by atoms with E-state index in [4.69, 9.17) is 4.74 Å². The Balaban J connectivity index is 1.24. The fourth-order valence-electron chi connectivity index (χ4n) is 11.8. The standard InChI is InChI=1S/C34H54O7/c1-18-8-12-31(2)13-10-21-20(22(31)16-18)6-7-24-32(21,3)15-11-25-33(24,4)14-9-19(34(25,5)40)17-23-26(35)27(36)28(37)29(41-23)30(38)39/h6,18-19,21-29,35-37,40H,7-17H2,1-5H3,(H,38,39)/t18?,19?,21?,22?,23?,24?,25?,26?,27?,28?,29?,31?,32?,33?,34-/m1/s1. The highest BCUT2D eigenvalue weighted by Crippen LogP contribution is 2.71. The fraction of sp³-hybridized carbons (Fsp3) is 0.912. The molecule has 5 N–H and O–H groups in total. The van der Waals surface area contributed by atoms with Gasteiger partial charge in [0.15, 0.2) is 6.10 Å². The molecule has 0 radical (unpaired) electrons. The predicted octanol–water partition coefficient (Wildman–Crippen LogP) is 4.69. The number of fused-ring (bicyclic) bond motifs is 7. The van der Waals surface area contributed by atoms with E-state index in [2.05, 4.69) is 33.8 Å². The normalized spacial score (nSPS) is 56.9. The van der Waals surface area contributed by atoms with Crippen LogP contribution in [0.1, 0.15) is 105 Å². The average molecular weight is 575 g/mol. The molecule has 7 heteroatoms. The monoisotopic (exact) mass is 574 g/mol. The van der Waals surface area contributed by atoms with Gasteiger partial charge in [0.2, 0.25) is 0 Å². The lowest BCUT2D eigenvalue weighted by Crippen LogP contribution is -2.64. The van der Waals surface area contributed by atoms with Gasteiger partial charge in [0.05, 0.1) is 11.7 Å². The van der Waals surface area contributed by atoms with E-state index < -0.39 is 42.1 Å². The van der Waals surface area contributed by atoms with Gasteiger partial charge in [-0.25, -0.2) is 4.79 Å². The van der Waals surface area contributed by atoms with Crippen LogP contribution in [0.2, 0.25) is 0 Å². The van der Waals surface area contributed by atoms with Gasteiger partial charge in [-0.15, -0.1) is 0 Å². The van der Waals surface area contributed by atoms with E-state index in [9.17, 15) is 30.3 Å². The van der Waals surface area contributed by atoms with Crippen LogP contribution in [0.25, 0.3) is 0 Å². The van der Waals surface area contributed by atoms with Crippen LogP contribution in [0.3, 0.4) is 0 Å². The highest BCUT2D eigenvalue weighted by atomic mass is 16.6. The number of hydrogen-bond acceptors (Lipinski definition) is 6. The van der Waals surface area contributed by atoms with E-state index in [1.54, 1.807) is 5.57 Å². The van der Waals surface area contributed by atoms with Gasteiger partial charge < -0.3 is 30.3 Å². The molecular weight excluding hydrogens is 520 g/mol. The summed E-state index contributed by atoms with van der Waals surface area (Å²) in [5.41, 5.74) is 1.43. The molecule has 5 aliphatic carbocycles. The molecule has 0 amide bonds. The summed E-state index contributed by atoms with van der Waals surface area (Å²) in [5.74, 6) is 1.20. The Hall–Kier alpha value is -0.990. The molecule has 5 fully saturated rings. The minimum Gasteiger partial charge on any atom is -0.479 e. The summed E-state index contributed by atoms with van der Waals surface area (Å²) in [7, 11) is 0. The number of rotatable bonds is 3. The van der Waals surface area contributed by atoms with Crippen molar-refractivity contribution in [2.24, 2.45) is 51.8 Å². The van der Waals surface area contributed by atoms with Crippen LogP contribution in [0.15, 0.2) is 11.6 Å². The Bertz CT molecular complexity index is 1070. The quantitative estimate of drug-likeness (QED) is 0.309. The van der Waals surface area contributed by atoms with Crippen molar-refractivity contribution in [3.63, 3.8) is 0 Å². The summed E-state index contributed by atoms with van der Waals surface area (Å²) in [6.07, 6.45) is 7.21. The van der Waals surface area contributed by atoms with Gasteiger partial charge in [0.25, 0.3) is 0 Å². The summed E-state index contributed by atoms with van der Waals surface area (Å²) < 4.78 is 5.64. The van der Waals surface area contributed by atoms with E-state index in [1.165, 1.54) is 32.1 Å². The molecule has 0 spiro atoms. The number of carbonyl (C=O) groups is 1. The summed E-state index contributed by atoms with van der Waals surface area (Å²) in [5, 5.41) is 52.9. The van der Waals surface area contributed by atoms with Gasteiger partial charge in [-0.1, -0.05) is 45.8 Å². The number of allylic oxidation sites excluding steroid dienone is 2. The number of carboxylic acid groups (broad SMARTS) is 1. The molecule has 1 heterocycles. The topological polar surface area (TPSA) is 127 Å². The minimum absolute atomic E-state index is 0.0129. The van der Waals surface area contributed by atoms with E-state index >= 15 is 0 Å². The molecule has 0 aromatic rings. The number of hydrogen-bond donors (Lipinski definition) is 5. The molecule has 6 rings (SSSR count). The van der Waals surface area contributed by atoms with E-state index in [0.717, 1.165) is 43.9 Å². The zero-order valence-corrected chi connectivity index (χ0v) is 25.8. The third-order valence-electron chi connectivity index (χ3n) is 14.3. The van der Waals surface area contributed by atoms with Crippen molar-refractivity contribution < 1.29 is 35.1 Å². The Morgan fingerprint density at radius 2 is 1.56 bits per heavy atom.